The van der Waals surface area contributed by atoms with Gasteiger partial charge in [0.1, 0.15) is 6.71 Å². The second-order valence-electron chi connectivity index (χ2n) is 4.48. The van der Waals surface area contributed by atoms with E-state index < -0.39 is 0 Å². The normalized spacial score (nSPS) is 39.9. The van der Waals surface area contributed by atoms with Crippen molar-refractivity contribution < 1.29 is 0 Å². The molecule has 0 spiro atoms. The standard InChI is InChI=1S/C9H17B/c1-10-6-8-3-2-4-9(5-8)7-10/h8-9H,2-7H2,1H3/t8-,9+. The first-order chi connectivity index (χ1) is 4.84. The van der Waals surface area contributed by atoms with E-state index in [9.17, 15) is 0 Å². The maximum atomic E-state index is 2.44. The zero-order valence-corrected chi connectivity index (χ0v) is 6.97. The van der Waals surface area contributed by atoms with Crippen molar-refractivity contribution in [1.82, 2.24) is 0 Å². The molecule has 0 aromatic carbocycles. The Kier molecular flexibility index (Phi) is 1.75. The molecule has 2 fully saturated rings. The lowest BCUT2D eigenvalue weighted by atomic mass is 9.38. The maximum absolute atomic E-state index is 2.44. The fourth-order valence-corrected chi connectivity index (χ4v) is 3.06. The number of hydrogen-bond acceptors (Lipinski definition) is 0. The van der Waals surface area contributed by atoms with Crippen molar-refractivity contribution in [3.05, 3.63) is 0 Å². The number of hydrogen-bond donors (Lipinski definition) is 0. The summed E-state index contributed by atoms with van der Waals surface area (Å²) in [5.41, 5.74) is 0. The first kappa shape index (κ1) is 6.76. The van der Waals surface area contributed by atoms with Gasteiger partial charge in [-0.1, -0.05) is 38.7 Å². The van der Waals surface area contributed by atoms with E-state index >= 15 is 0 Å². The molecule has 1 saturated heterocycles. The molecule has 1 saturated carbocycles. The molecule has 2 aliphatic rings. The summed E-state index contributed by atoms with van der Waals surface area (Å²) in [5, 5.41) is 0. The Bertz CT molecular complexity index is 106. The molecule has 0 N–H and O–H groups in total. The van der Waals surface area contributed by atoms with E-state index in [1.807, 2.05) is 0 Å². The minimum absolute atomic E-state index is 1.05. The van der Waals surface area contributed by atoms with Gasteiger partial charge >= 0.3 is 0 Å². The fraction of sp³-hybridized carbons (Fsp3) is 1.00. The summed E-state index contributed by atoms with van der Waals surface area (Å²) in [4.78, 5) is 0. The van der Waals surface area contributed by atoms with Crippen LogP contribution in [0, 0.1) is 11.8 Å². The summed E-state index contributed by atoms with van der Waals surface area (Å²) in [6.07, 6.45) is 9.26. The molecule has 1 aliphatic carbocycles. The molecule has 2 atom stereocenters. The van der Waals surface area contributed by atoms with E-state index in [1.165, 1.54) is 19.1 Å². The van der Waals surface area contributed by atoms with E-state index in [4.69, 9.17) is 0 Å². The van der Waals surface area contributed by atoms with E-state index in [2.05, 4.69) is 6.82 Å². The van der Waals surface area contributed by atoms with Gasteiger partial charge in [0.15, 0.2) is 0 Å². The number of fused-ring (bicyclic) bond motifs is 2. The Morgan fingerprint density at radius 2 is 1.70 bits per heavy atom. The SMILES string of the molecule is CB1C[C@H]2CCC[C@@H](C1)C2. The van der Waals surface area contributed by atoms with Crippen LogP contribution in [0.15, 0.2) is 0 Å². The summed E-state index contributed by atoms with van der Waals surface area (Å²) in [6.45, 7) is 3.48. The van der Waals surface area contributed by atoms with Crippen LogP contribution in [-0.4, -0.2) is 6.71 Å². The molecule has 2 rings (SSSR count). The van der Waals surface area contributed by atoms with Gasteiger partial charge in [-0.3, -0.25) is 0 Å². The molecule has 2 bridgehead atoms. The molecule has 0 amide bonds. The van der Waals surface area contributed by atoms with Crippen LogP contribution in [0.25, 0.3) is 0 Å². The minimum Gasteiger partial charge on any atom is -0.0861 e. The molecule has 0 aromatic heterocycles. The minimum atomic E-state index is 1.05. The number of rotatable bonds is 0. The van der Waals surface area contributed by atoms with Gasteiger partial charge in [-0.25, -0.2) is 0 Å². The molecule has 0 aromatic rings. The van der Waals surface area contributed by atoms with Gasteiger partial charge in [0.05, 0.1) is 0 Å². The van der Waals surface area contributed by atoms with Crippen LogP contribution in [0.3, 0.4) is 0 Å². The summed E-state index contributed by atoms with van der Waals surface area (Å²) >= 11 is 0. The van der Waals surface area contributed by atoms with Crippen LogP contribution in [0.5, 0.6) is 0 Å². The van der Waals surface area contributed by atoms with Gasteiger partial charge in [-0.2, -0.15) is 0 Å². The van der Waals surface area contributed by atoms with Crippen LogP contribution >= 0.6 is 0 Å². The van der Waals surface area contributed by atoms with Gasteiger partial charge in [0.2, 0.25) is 0 Å². The molecule has 1 heteroatoms. The predicted octanol–water partition coefficient (Wildman–Crippen LogP) is 2.93. The summed E-state index contributed by atoms with van der Waals surface area (Å²) in [7, 11) is 0. The van der Waals surface area contributed by atoms with Crippen molar-refractivity contribution in [2.24, 2.45) is 11.8 Å². The van der Waals surface area contributed by atoms with Crippen molar-refractivity contribution in [2.75, 3.05) is 0 Å². The van der Waals surface area contributed by atoms with Crippen molar-refractivity contribution in [3.63, 3.8) is 0 Å². The third-order valence-corrected chi connectivity index (χ3v) is 3.36. The summed E-state index contributed by atoms with van der Waals surface area (Å²) < 4.78 is 0. The monoisotopic (exact) mass is 136 g/mol. The zero-order chi connectivity index (χ0) is 6.97. The molecular formula is C9H17B. The third-order valence-electron chi connectivity index (χ3n) is 3.36. The Hall–Kier alpha value is 0.0649. The van der Waals surface area contributed by atoms with Crippen LogP contribution in [0.1, 0.15) is 25.7 Å². The van der Waals surface area contributed by atoms with Crippen LogP contribution in [0.2, 0.25) is 19.5 Å². The Morgan fingerprint density at radius 1 is 1.10 bits per heavy atom. The second kappa shape index (κ2) is 2.60. The smallest absolute Gasteiger partial charge is 0.0861 e. The van der Waals surface area contributed by atoms with Crippen molar-refractivity contribution in [1.29, 1.82) is 0 Å². The van der Waals surface area contributed by atoms with Crippen molar-refractivity contribution in [2.45, 2.75) is 45.1 Å². The van der Waals surface area contributed by atoms with Gasteiger partial charge < -0.3 is 0 Å². The molecule has 0 radical (unpaired) electrons. The molecule has 0 unspecified atom stereocenters. The van der Waals surface area contributed by atoms with E-state index in [1.54, 1.807) is 19.3 Å². The highest BCUT2D eigenvalue weighted by Gasteiger charge is 2.30. The average molecular weight is 136 g/mol. The molecule has 56 valence electrons. The Morgan fingerprint density at radius 3 is 2.30 bits per heavy atom. The largest absolute Gasteiger partial charge is 0.137 e. The van der Waals surface area contributed by atoms with Gasteiger partial charge in [0.25, 0.3) is 0 Å². The lowest BCUT2D eigenvalue weighted by molar-refractivity contribution is 0.282. The Balaban J connectivity index is 1.98. The lowest BCUT2D eigenvalue weighted by Gasteiger charge is -2.36. The highest BCUT2D eigenvalue weighted by atomic mass is 14.3. The Labute approximate surface area is 64.5 Å². The molecule has 1 aliphatic heterocycles. The fourth-order valence-electron chi connectivity index (χ4n) is 3.06. The average Bonchev–Trinajstić information content (AvgIpc) is 1.85. The molecule has 0 nitrogen and oxygen atoms in total. The van der Waals surface area contributed by atoms with Crippen LogP contribution in [0.4, 0.5) is 0 Å². The topological polar surface area (TPSA) is 0 Å². The van der Waals surface area contributed by atoms with Crippen molar-refractivity contribution in [3.8, 4) is 0 Å². The van der Waals surface area contributed by atoms with Gasteiger partial charge in [-0.15, -0.1) is 0 Å². The van der Waals surface area contributed by atoms with E-state index in [-0.39, 0.29) is 0 Å². The van der Waals surface area contributed by atoms with E-state index in [0.29, 0.717) is 0 Å². The first-order valence-corrected chi connectivity index (χ1v) is 4.84. The maximum Gasteiger partial charge on any atom is 0.137 e. The van der Waals surface area contributed by atoms with Crippen molar-refractivity contribution >= 4 is 6.71 Å². The molecule has 10 heavy (non-hydrogen) atoms. The molecular weight excluding hydrogens is 119 g/mol. The van der Waals surface area contributed by atoms with Gasteiger partial charge in [-0.05, 0) is 18.3 Å². The van der Waals surface area contributed by atoms with Crippen LogP contribution < -0.4 is 0 Å². The highest BCUT2D eigenvalue weighted by molar-refractivity contribution is 6.57. The third kappa shape index (κ3) is 1.23. The highest BCUT2D eigenvalue weighted by Crippen LogP contribution is 2.40. The zero-order valence-electron chi connectivity index (χ0n) is 6.97. The van der Waals surface area contributed by atoms with E-state index in [0.717, 1.165) is 18.5 Å². The lowest BCUT2D eigenvalue weighted by Crippen LogP contribution is -2.29. The predicted molar refractivity (Wildman–Crippen MR) is 46.7 cm³/mol. The van der Waals surface area contributed by atoms with Crippen LogP contribution in [-0.2, 0) is 0 Å². The molecule has 1 heterocycles. The summed E-state index contributed by atoms with van der Waals surface area (Å²) in [5.74, 6) is 2.25. The quantitative estimate of drug-likeness (QED) is 0.449. The summed E-state index contributed by atoms with van der Waals surface area (Å²) in [6, 6.07) is 0. The second-order valence-corrected chi connectivity index (χ2v) is 4.48. The van der Waals surface area contributed by atoms with Gasteiger partial charge in [0, 0.05) is 0 Å². The first-order valence-electron chi connectivity index (χ1n) is 4.84.